The highest BCUT2D eigenvalue weighted by Crippen LogP contribution is 2.33. The molecule has 1 fully saturated rings. The average Bonchev–Trinajstić information content (AvgIpc) is 3.10. The number of H-pyrrole nitrogens is 1. The summed E-state index contributed by atoms with van der Waals surface area (Å²) in [6.45, 7) is 3.25. The van der Waals surface area contributed by atoms with E-state index in [9.17, 15) is 14.7 Å². The topological polar surface area (TPSA) is 91.9 Å². The molecule has 0 spiro atoms. The third-order valence-electron chi connectivity index (χ3n) is 5.53. The number of aromatic carboxylic acids is 1. The second-order valence-corrected chi connectivity index (χ2v) is 7.32. The lowest BCUT2D eigenvalue weighted by Crippen LogP contribution is -2.40. The zero-order valence-corrected chi connectivity index (χ0v) is 17.1. The van der Waals surface area contributed by atoms with Crippen molar-refractivity contribution in [2.75, 3.05) is 32.3 Å². The van der Waals surface area contributed by atoms with Crippen LogP contribution >= 0.6 is 0 Å². The van der Waals surface area contributed by atoms with Crippen molar-refractivity contribution in [3.8, 4) is 11.3 Å². The second kappa shape index (κ2) is 9.24. The third kappa shape index (κ3) is 4.36. The Balaban J connectivity index is 1.94. The molecule has 0 aliphatic carbocycles. The van der Waals surface area contributed by atoms with Crippen LogP contribution in [-0.2, 0) is 15.9 Å². The van der Waals surface area contributed by atoms with E-state index in [0.717, 1.165) is 29.7 Å². The van der Waals surface area contributed by atoms with Gasteiger partial charge in [0.05, 0.1) is 31.0 Å². The van der Waals surface area contributed by atoms with Crippen molar-refractivity contribution in [3.63, 3.8) is 0 Å². The van der Waals surface area contributed by atoms with Gasteiger partial charge in [0, 0.05) is 19.9 Å². The van der Waals surface area contributed by atoms with E-state index >= 15 is 0 Å². The highest BCUT2D eigenvalue weighted by atomic mass is 16.5. The summed E-state index contributed by atoms with van der Waals surface area (Å²) in [7, 11) is 3.43. The quantitative estimate of drug-likeness (QED) is 0.708. The molecule has 1 aliphatic heterocycles. The normalized spacial score (nSPS) is 18.9. The van der Waals surface area contributed by atoms with E-state index in [2.05, 4.69) is 9.88 Å². The monoisotopic (exact) mass is 400 g/mol. The number of ether oxygens (including phenoxy) is 2. The smallest absolute Gasteiger partial charge is 0.341 e. The fourth-order valence-electron chi connectivity index (χ4n) is 4.16. The Morgan fingerprint density at radius 3 is 2.21 bits per heavy atom. The molecule has 2 heterocycles. The lowest BCUT2D eigenvalue weighted by atomic mass is 10.0. The van der Waals surface area contributed by atoms with Crippen LogP contribution in [0.25, 0.3) is 11.3 Å². The summed E-state index contributed by atoms with van der Waals surface area (Å²) < 4.78 is 10.8. The van der Waals surface area contributed by atoms with E-state index in [1.807, 2.05) is 31.2 Å². The number of aromatic amines is 1. The first-order valence-electron chi connectivity index (χ1n) is 9.86. The van der Waals surface area contributed by atoms with Crippen LogP contribution in [0.1, 0.15) is 35.7 Å². The van der Waals surface area contributed by atoms with Crippen molar-refractivity contribution < 1.29 is 19.4 Å². The second-order valence-electron chi connectivity index (χ2n) is 7.32. The molecule has 2 atom stereocenters. The number of aromatic nitrogens is 1. The number of methoxy groups -OCH3 is 2. The maximum absolute atomic E-state index is 12.2. The summed E-state index contributed by atoms with van der Waals surface area (Å²) in [5, 5.41) is 9.20. The number of carbonyl (C=O) groups is 1. The summed E-state index contributed by atoms with van der Waals surface area (Å²) in [5.41, 5.74) is 2.57. The molecule has 29 heavy (non-hydrogen) atoms. The molecule has 7 nitrogen and oxygen atoms in total. The summed E-state index contributed by atoms with van der Waals surface area (Å²) in [4.78, 5) is 28.5. The molecule has 0 saturated carbocycles. The predicted molar refractivity (Wildman–Crippen MR) is 112 cm³/mol. The number of nitrogens with zero attached hydrogens (tertiary/aromatic N) is 1. The van der Waals surface area contributed by atoms with Crippen LogP contribution in [0.3, 0.4) is 0 Å². The minimum Gasteiger partial charge on any atom is -0.477 e. The largest absolute Gasteiger partial charge is 0.477 e. The zero-order chi connectivity index (χ0) is 21.0. The molecule has 1 aromatic heterocycles. The minimum absolute atomic E-state index is 0.232. The van der Waals surface area contributed by atoms with E-state index in [4.69, 9.17) is 9.47 Å². The summed E-state index contributed by atoms with van der Waals surface area (Å²) in [6, 6.07) is 10.1. The van der Waals surface area contributed by atoms with E-state index in [1.54, 1.807) is 14.2 Å². The Bertz CT molecular complexity index is 892. The van der Waals surface area contributed by atoms with E-state index in [-0.39, 0.29) is 5.56 Å². The summed E-state index contributed by atoms with van der Waals surface area (Å²) >= 11 is 0. The Morgan fingerprint density at radius 1 is 1.14 bits per heavy atom. The molecule has 2 aromatic rings. The minimum atomic E-state index is -1.22. The molecule has 1 aliphatic rings. The molecule has 3 rings (SSSR count). The van der Waals surface area contributed by atoms with Crippen LogP contribution in [0.4, 0.5) is 5.69 Å². The van der Waals surface area contributed by atoms with Crippen LogP contribution in [0, 0.1) is 0 Å². The van der Waals surface area contributed by atoms with Crippen molar-refractivity contribution in [2.24, 2.45) is 0 Å². The van der Waals surface area contributed by atoms with Gasteiger partial charge in [-0.15, -0.1) is 0 Å². The van der Waals surface area contributed by atoms with Gasteiger partial charge in [-0.05, 0) is 48.6 Å². The molecular formula is C22H28N2O5. The van der Waals surface area contributed by atoms with Gasteiger partial charge in [-0.25, -0.2) is 4.79 Å². The third-order valence-corrected chi connectivity index (χ3v) is 5.53. The number of rotatable bonds is 8. The SMILES string of the molecule is CCc1cc(C(=O)O)c(=O)[nH]c1-c1ccc(N2[C@H](COC)CC[C@H]2COC)cc1. The van der Waals surface area contributed by atoms with Gasteiger partial charge in [-0.3, -0.25) is 4.79 Å². The van der Waals surface area contributed by atoms with Gasteiger partial charge in [-0.2, -0.15) is 0 Å². The number of aryl methyl sites for hydroxylation is 1. The molecule has 1 saturated heterocycles. The van der Waals surface area contributed by atoms with Crippen molar-refractivity contribution in [1.82, 2.24) is 4.98 Å². The average molecular weight is 400 g/mol. The van der Waals surface area contributed by atoms with E-state index < -0.39 is 11.5 Å². The number of pyridine rings is 1. The lowest BCUT2D eigenvalue weighted by Gasteiger charge is -2.32. The van der Waals surface area contributed by atoms with E-state index in [1.165, 1.54) is 6.07 Å². The maximum Gasteiger partial charge on any atom is 0.341 e. The highest BCUT2D eigenvalue weighted by Gasteiger charge is 2.33. The molecule has 0 bridgehead atoms. The first-order chi connectivity index (χ1) is 14.0. The lowest BCUT2D eigenvalue weighted by molar-refractivity contribution is 0.0695. The van der Waals surface area contributed by atoms with Gasteiger partial charge in [0.2, 0.25) is 0 Å². The fraction of sp³-hybridized carbons (Fsp3) is 0.455. The molecular weight excluding hydrogens is 372 g/mol. The van der Waals surface area contributed by atoms with Gasteiger partial charge in [-0.1, -0.05) is 19.1 Å². The zero-order valence-electron chi connectivity index (χ0n) is 17.1. The molecule has 0 amide bonds. The molecule has 2 N–H and O–H groups in total. The fourth-order valence-corrected chi connectivity index (χ4v) is 4.16. The molecule has 0 radical (unpaired) electrons. The standard InChI is InChI=1S/C22H28N2O5/c1-4-14-11-19(22(26)27)21(25)23-20(14)15-5-7-16(8-6-15)24-17(12-28-2)9-10-18(24)13-29-3/h5-8,11,17-18H,4,9-10,12-13H2,1-3H3,(H,23,25)(H,26,27)/t17-,18-/m0/s1. The number of carboxylic acid groups (broad SMARTS) is 1. The van der Waals surface area contributed by atoms with Crippen LogP contribution in [-0.4, -0.2) is 55.6 Å². The number of hydrogen-bond donors (Lipinski definition) is 2. The molecule has 156 valence electrons. The van der Waals surface area contributed by atoms with Crippen molar-refractivity contribution >= 4 is 11.7 Å². The Hall–Kier alpha value is -2.64. The van der Waals surface area contributed by atoms with E-state index in [0.29, 0.717) is 37.4 Å². The van der Waals surface area contributed by atoms with Gasteiger partial charge in [0.1, 0.15) is 5.56 Å². The van der Waals surface area contributed by atoms with Crippen molar-refractivity contribution in [3.05, 3.63) is 51.8 Å². The molecule has 1 aromatic carbocycles. The predicted octanol–water partition coefficient (Wildman–Crippen LogP) is 2.93. The number of benzene rings is 1. The van der Waals surface area contributed by atoms with Gasteiger partial charge in [0.15, 0.2) is 0 Å². The van der Waals surface area contributed by atoms with Gasteiger partial charge < -0.3 is 24.5 Å². The molecule has 7 heteroatoms. The Labute approximate surface area is 170 Å². The first kappa shape index (κ1) is 21.1. The van der Waals surface area contributed by atoms with Crippen LogP contribution in [0.15, 0.2) is 35.1 Å². The first-order valence-corrected chi connectivity index (χ1v) is 9.86. The Kier molecular flexibility index (Phi) is 6.71. The van der Waals surface area contributed by atoms with Crippen LogP contribution in [0.2, 0.25) is 0 Å². The van der Waals surface area contributed by atoms with Crippen molar-refractivity contribution in [2.45, 2.75) is 38.3 Å². The highest BCUT2D eigenvalue weighted by molar-refractivity contribution is 5.88. The number of carboxylic acids is 1. The van der Waals surface area contributed by atoms with Gasteiger partial charge in [0.25, 0.3) is 5.56 Å². The Morgan fingerprint density at radius 2 is 1.72 bits per heavy atom. The van der Waals surface area contributed by atoms with Crippen LogP contribution in [0.5, 0.6) is 0 Å². The van der Waals surface area contributed by atoms with Crippen molar-refractivity contribution in [1.29, 1.82) is 0 Å². The number of hydrogen-bond acceptors (Lipinski definition) is 5. The summed E-state index contributed by atoms with van der Waals surface area (Å²) in [6.07, 6.45) is 2.72. The van der Waals surface area contributed by atoms with Gasteiger partial charge >= 0.3 is 5.97 Å². The number of anilines is 1. The molecule has 0 unspecified atom stereocenters. The van der Waals surface area contributed by atoms with Crippen LogP contribution < -0.4 is 10.5 Å². The summed E-state index contributed by atoms with van der Waals surface area (Å²) in [5.74, 6) is -1.22. The maximum atomic E-state index is 12.2. The number of nitrogens with one attached hydrogen (secondary N) is 1.